The van der Waals surface area contributed by atoms with E-state index < -0.39 is 12.0 Å². The maximum Gasteiger partial charge on any atom is 0.320 e. The fraction of sp³-hybridized carbons (Fsp3) is 0.333. The Morgan fingerprint density at radius 3 is 2.81 bits per heavy atom. The molecule has 0 saturated heterocycles. The van der Waals surface area contributed by atoms with Gasteiger partial charge in [-0.05, 0) is 19.1 Å². The van der Waals surface area contributed by atoms with Gasteiger partial charge in [-0.25, -0.2) is 4.98 Å². The van der Waals surface area contributed by atoms with Crippen LogP contribution in [0.5, 0.6) is 0 Å². The van der Waals surface area contributed by atoms with Gasteiger partial charge in [0.05, 0.1) is 5.69 Å². The van der Waals surface area contributed by atoms with Crippen molar-refractivity contribution >= 4 is 28.9 Å². The quantitative estimate of drug-likeness (QED) is 0.942. The second-order valence-electron chi connectivity index (χ2n) is 5.13. The number of rotatable bonds is 3. The molecule has 4 nitrogen and oxygen atoms in total. The van der Waals surface area contributed by atoms with Gasteiger partial charge in [0.2, 0.25) is 0 Å². The average Bonchev–Trinajstić information content (AvgIpc) is 2.89. The third kappa shape index (κ3) is 2.95. The predicted octanol–water partition coefficient (Wildman–Crippen LogP) is 3.29. The van der Waals surface area contributed by atoms with Crippen LogP contribution in [-0.2, 0) is 17.8 Å². The number of hydrogen-bond donors (Lipinski definition) is 1. The van der Waals surface area contributed by atoms with Crippen molar-refractivity contribution in [2.45, 2.75) is 25.9 Å². The van der Waals surface area contributed by atoms with Crippen LogP contribution in [0, 0.1) is 0 Å². The monoisotopic (exact) mass is 322 g/mol. The summed E-state index contributed by atoms with van der Waals surface area (Å²) in [5.41, 5.74) is 2.15. The Bertz CT molecular complexity index is 669. The molecular weight excluding hydrogens is 308 g/mol. The van der Waals surface area contributed by atoms with Crippen molar-refractivity contribution in [2.24, 2.45) is 0 Å². The van der Waals surface area contributed by atoms with Crippen molar-refractivity contribution in [1.82, 2.24) is 9.88 Å². The summed E-state index contributed by atoms with van der Waals surface area (Å²) in [6.45, 7) is 3.13. The molecule has 1 N–H and O–H groups in total. The predicted molar refractivity (Wildman–Crippen MR) is 83.8 cm³/mol. The molecule has 0 saturated carbocycles. The van der Waals surface area contributed by atoms with E-state index >= 15 is 0 Å². The summed E-state index contributed by atoms with van der Waals surface area (Å²) in [6.07, 6.45) is 0.803. The summed E-state index contributed by atoms with van der Waals surface area (Å²) in [4.78, 5) is 18.9. The molecule has 21 heavy (non-hydrogen) atoms. The number of carboxylic acids is 1. The smallest absolute Gasteiger partial charge is 0.320 e. The maximum atomic E-state index is 11.1. The summed E-state index contributed by atoms with van der Waals surface area (Å²) in [7, 11) is 0. The molecule has 110 valence electrons. The minimum atomic E-state index is -0.777. The number of benzene rings is 1. The van der Waals surface area contributed by atoms with E-state index in [-0.39, 0.29) is 0 Å². The Morgan fingerprint density at radius 1 is 1.43 bits per heavy atom. The molecule has 1 aromatic heterocycles. The molecule has 1 atom stereocenters. The first kappa shape index (κ1) is 14.5. The van der Waals surface area contributed by atoms with Crippen molar-refractivity contribution in [1.29, 1.82) is 0 Å². The van der Waals surface area contributed by atoms with Crippen LogP contribution in [0.15, 0.2) is 24.3 Å². The largest absolute Gasteiger partial charge is 0.480 e. The van der Waals surface area contributed by atoms with E-state index in [1.165, 1.54) is 4.88 Å². The number of hydrogen-bond acceptors (Lipinski definition) is 4. The van der Waals surface area contributed by atoms with Crippen molar-refractivity contribution in [3.05, 3.63) is 39.9 Å². The van der Waals surface area contributed by atoms with Gasteiger partial charge < -0.3 is 5.11 Å². The highest BCUT2D eigenvalue weighted by molar-refractivity contribution is 7.15. The zero-order valence-electron chi connectivity index (χ0n) is 11.5. The summed E-state index contributed by atoms with van der Waals surface area (Å²) in [5, 5.41) is 10.8. The molecule has 1 aliphatic heterocycles. The number of aliphatic carboxylic acids is 1. The molecule has 2 aromatic rings. The lowest BCUT2D eigenvalue weighted by molar-refractivity contribution is -0.142. The van der Waals surface area contributed by atoms with Gasteiger partial charge in [0.25, 0.3) is 0 Å². The van der Waals surface area contributed by atoms with Crippen LogP contribution in [0.1, 0.15) is 17.5 Å². The van der Waals surface area contributed by atoms with Gasteiger partial charge in [0.1, 0.15) is 11.0 Å². The first-order chi connectivity index (χ1) is 10.0. The number of nitrogens with zero attached hydrogens (tertiary/aromatic N) is 2. The summed E-state index contributed by atoms with van der Waals surface area (Å²) >= 11 is 7.54. The number of fused-ring (bicyclic) bond motifs is 1. The first-order valence-electron chi connectivity index (χ1n) is 6.76. The molecule has 0 spiro atoms. The molecule has 1 unspecified atom stereocenters. The Labute approximate surface area is 132 Å². The molecule has 2 heterocycles. The lowest BCUT2D eigenvalue weighted by Gasteiger charge is -2.28. The van der Waals surface area contributed by atoms with Crippen LogP contribution < -0.4 is 0 Å². The van der Waals surface area contributed by atoms with Gasteiger partial charge in [0, 0.05) is 35.0 Å². The normalized spacial score (nSPS) is 16.5. The van der Waals surface area contributed by atoms with Gasteiger partial charge in [-0.3, -0.25) is 9.69 Å². The van der Waals surface area contributed by atoms with E-state index in [0.29, 0.717) is 11.6 Å². The van der Waals surface area contributed by atoms with Gasteiger partial charge in [0.15, 0.2) is 0 Å². The fourth-order valence-electron chi connectivity index (χ4n) is 2.42. The standard InChI is InChI=1S/C15H15ClN2O2S/c1-9(15(19)20)18-7-6-12-13(8-18)21-14(17-12)10-2-4-11(16)5-3-10/h2-5,9H,6-8H2,1H3,(H,19,20). The molecule has 6 heteroatoms. The van der Waals surface area contributed by atoms with Crippen LogP contribution in [-0.4, -0.2) is 33.5 Å². The second-order valence-corrected chi connectivity index (χ2v) is 6.65. The number of thiazole rings is 1. The minimum absolute atomic E-state index is 0.459. The summed E-state index contributed by atoms with van der Waals surface area (Å²) < 4.78 is 0. The second kappa shape index (κ2) is 5.75. The lowest BCUT2D eigenvalue weighted by Crippen LogP contribution is -2.41. The molecule has 3 rings (SSSR count). The zero-order chi connectivity index (χ0) is 15.0. The van der Waals surface area contributed by atoms with E-state index in [4.69, 9.17) is 21.7 Å². The van der Waals surface area contributed by atoms with E-state index in [1.807, 2.05) is 29.2 Å². The SMILES string of the molecule is CC(C(=O)O)N1CCc2nc(-c3ccc(Cl)cc3)sc2C1. The van der Waals surface area contributed by atoms with Crippen molar-refractivity contribution in [3.8, 4) is 10.6 Å². The summed E-state index contributed by atoms with van der Waals surface area (Å²) in [6, 6.07) is 7.18. The zero-order valence-corrected chi connectivity index (χ0v) is 13.1. The number of halogens is 1. The van der Waals surface area contributed by atoms with Gasteiger partial charge in [-0.1, -0.05) is 23.7 Å². The lowest BCUT2D eigenvalue weighted by atomic mass is 10.1. The van der Waals surface area contributed by atoms with Crippen LogP contribution >= 0.6 is 22.9 Å². The number of carbonyl (C=O) groups is 1. The Morgan fingerprint density at radius 2 is 2.14 bits per heavy atom. The third-order valence-corrected chi connectivity index (χ3v) is 5.14. The highest BCUT2D eigenvalue weighted by Crippen LogP contribution is 2.32. The molecular formula is C15H15ClN2O2S. The van der Waals surface area contributed by atoms with Crippen LogP contribution in [0.3, 0.4) is 0 Å². The van der Waals surface area contributed by atoms with Crippen molar-refractivity contribution in [3.63, 3.8) is 0 Å². The Kier molecular flexibility index (Phi) is 3.97. The van der Waals surface area contributed by atoms with Gasteiger partial charge >= 0.3 is 5.97 Å². The highest BCUT2D eigenvalue weighted by Gasteiger charge is 2.27. The number of aromatic nitrogens is 1. The average molecular weight is 323 g/mol. The third-order valence-electron chi connectivity index (χ3n) is 3.76. The minimum Gasteiger partial charge on any atom is -0.480 e. The Balaban J connectivity index is 1.84. The van der Waals surface area contributed by atoms with Crippen molar-refractivity contribution < 1.29 is 9.90 Å². The molecule has 0 bridgehead atoms. The molecule has 1 aliphatic rings. The van der Waals surface area contributed by atoms with Crippen molar-refractivity contribution in [2.75, 3.05) is 6.54 Å². The van der Waals surface area contributed by atoms with Gasteiger partial charge in [-0.15, -0.1) is 11.3 Å². The highest BCUT2D eigenvalue weighted by atomic mass is 35.5. The first-order valence-corrected chi connectivity index (χ1v) is 7.95. The topological polar surface area (TPSA) is 53.4 Å². The molecule has 0 amide bonds. The fourth-order valence-corrected chi connectivity index (χ4v) is 3.68. The van der Waals surface area contributed by atoms with Crippen LogP contribution in [0.2, 0.25) is 5.02 Å². The van der Waals surface area contributed by atoms with E-state index in [0.717, 1.165) is 29.2 Å². The Hall–Kier alpha value is -1.43. The molecule has 1 aromatic carbocycles. The van der Waals surface area contributed by atoms with Crippen LogP contribution in [0.25, 0.3) is 10.6 Å². The maximum absolute atomic E-state index is 11.1. The molecule has 0 aliphatic carbocycles. The van der Waals surface area contributed by atoms with Gasteiger partial charge in [-0.2, -0.15) is 0 Å². The van der Waals surface area contributed by atoms with E-state index in [1.54, 1.807) is 18.3 Å². The molecule has 0 radical (unpaired) electrons. The van der Waals surface area contributed by atoms with E-state index in [2.05, 4.69) is 0 Å². The molecule has 0 fully saturated rings. The van der Waals surface area contributed by atoms with Crippen LogP contribution in [0.4, 0.5) is 0 Å². The van der Waals surface area contributed by atoms with E-state index in [9.17, 15) is 4.79 Å². The summed E-state index contributed by atoms with van der Waals surface area (Å²) in [5.74, 6) is -0.777. The number of carboxylic acid groups (broad SMARTS) is 1.